The number of nitro groups is 1. The van der Waals surface area contributed by atoms with Gasteiger partial charge < -0.3 is 19.9 Å². The molecule has 1 aliphatic heterocycles. The Kier molecular flexibility index (Phi) is 7.36. The Hall–Kier alpha value is -4.85. The molecule has 1 atom stereocenters. The molecule has 0 spiro atoms. The lowest BCUT2D eigenvalue weighted by Crippen LogP contribution is -2.40. The van der Waals surface area contributed by atoms with E-state index in [1.807, 2.05) is 6.07 Å². The largest absolute Gasteiger partial charge is 0.487 e. The molecule has 0 amide bonds. The highest BCUT2D eigenvalue weighted by Crippen LogP contribution is 2.44. The molecule has 1 heterocycles. The molecular weight excluding hydrogens is 456 g/mol. The summed E-state index contributed by atoms with van der Waals surface area (Å²) in [5.41, 5.74) is 5.95. The van der Waals surface area contributed by atoms with Gasteiger partial charge in [-0.1, -0.05) is 30.3 Å². The zero-order valence-corrected chi connectivity index (χ0v) is 19.2. The van der Waals surface area contributed by atoms with Gasteiger partial charge in [0.2, 0.25) is 0 Å². The third kappa shape index (κ3) is 4.49. The van der Waals surface area contributed by atoms with Crippen LogP contribution in [0.4, 0.5) is 11.4 Å². The van der Waals surface area contributed by atoms with Crippen LogP contribution in [0.15, 0.2) is 71.2 Å². The van der Waals surface area contributed by atoms with Crippen LogP contribution in [0.5, 0.6) is 5.75 Å². The maximum Gasteiger partial charge on any atom is 0.355 e. The van der Waals surface area contributed by atoms with Gasteiger partial charge in [0.25, 0.3) is 0 Å². The number of hydrogen-bond acceptors (Lipinski definition) is 10. The van der Waals surface area contributed by atoms with Gasteiger partial charge in [0.05, 0.1) is 54.6 Å². The second kappa shape index (κ2) is 10.4. The van der Waals surface area contributed by atoms with E-state index in [0.717, 1.165) is 25.2 Å². The first-order valence-electron chi connectivity index (χ1n) is 10.4. The molecule has 1 aliphatic rings. The lowest BCUT2D eigenvalue weighted by molar-refractivity contribution is -0.385. The molecule has 0 bridgehead atoms. The van der Waals surface area contributed by atoms with Gasteiger partial charge in [-0.05, 0) is 24.6 Å². The van der Waals surface area contributed by atoms with E-state index < -0.39 is 28.5 Å². The predicted molar refractivity (Wildman–Crippen MR) is 124 cm³/mol. The van der Waals surface area contributed by atoms with Crippen molar-refractivity contribution in [3.05, 3.63) is 86.9 Å². The number of carbonyl (C=O) groups excluding carboxylic acids is 2. The van der Waals surface area contributed by atoms with Crippen molar-refractivity contribution in [1.82, 2.24) is 0 Å². The van der Waals surface area contributed by atoms with Crippen LogP contribution in [0.25, 0.3) is 0 Å². The van der Waals surface area contributed by atoms with Crippen LogP contribution in [-0.4, -0.2) is 37.7 Å². The number of nitriles is 1. The molecule has 2 N–H and O–H groups in total. The Bertz CT molecular complexity index is 1280. The Morgan fingerprint density at radius 2 is 1.80 bits per heavy atom. The zero-order chi connectivity index (χ0) is 25.7. The number of allylic oxidation sites excluding steroid dienone is 1. The van der Waals surface area contributed by atoms with E-state index in [1.165, 1.54) is 12.1 Å². The standard InChI is InChI=1S/C24H22N4O7/c1-4-35-18-11-10-15(12-17(18)28(31)32)27-21(24(30)34-3)20(23(29)33-2)19(16(13-25)22(27)26)14-8-6-5-7-9-14/h5-12,19H,4,26H2,1-3H3. The number of ether oxygens (including phenoxy) is 3. The molecule has 3 rings (SSSR count). The van der Waals surface area contributed by atoms with Crippen LogP contribution in [0.1, 0.15) is 18.4 Å². The van der Waals surface area contributed by atoms with E-state index in [0.29, 0.717) is 5.56 Å². The highest BCUT2D eigenvalue weighted by atomic mass is 16.6. The van der Waals surface area contributed by atoms with E-state index in [-0.39, 0.29) is 40.7 Å². The molecule has 2 aromatic carbocycles. The van der Waals surface area contributed by atoms with Crippen molar-refractivity contribution < 1.29 is 28.7 Å². The smallest absolute Gasteiger partial charge is 0.355 e. The Labute approximate surface area is 200 Å². The molecule has 0 saturated carbocycles. The van der Waals surface area contributed by atoms with Gasteiger partial charge in [-0.15, -0.1) is 0 Å². The molecule has 1 unspecified atom stereocenters. The van der Waals surface area contributed by atoms with Crippen LogP contribution in [0, 0.1) is 21.4 Å². The maximum atomic E-state index is 13.0. The molecule has 180 valence electrons. The van der Waals surface area contributed by atoms with Gasteiger partial charge in [-0.2, -0.15) is 5.26 Å². The number of nitro benzene ring substituents is 1. The van der Waals surface area contributed by atoms with Crippen molar-refractivity contribution in [3.63, 3.8) is 0 Å². The molecule has 0 aromatic heterocycles. The molecule has 0 saturated heterocycles. The fourth-order valence-corrected chi connectivity index (χ4v) is 3.85. The highest BCUT2D eigenvalue weighted by Gasteiger charge is 2.43. The summed E-state index contributed by atoms with van der Waals surface area (Å²) < 4.78 is 15.2. The number of rotatable bonds is 7. The molecule has 11 nitrogen and oxygen atoms in total. The van der Waals surface area contributed by atoms with Gasteiger partial charge in [-0.25, -0.2) is 9.59 Å². The zero-order valence-electron chi connectivity index (χ0n) is 19.2. The lowest BCUT2D eigenvalue weighted by atomic mass is 9.81. The number of anilines is 1. The Balaban J connectivity index is 2.40. The summed E-state index contributed by atoms with van der Waals surface area (Å²) in [6.45, 7) is 1.86. The van der Waals surface area contributed by atoms with E-state index in [1.54, 1.807) is 37.3 Å². The fraction of sp³-hybridized carbons (Fsp3) is 0.208. The van der Waals surface area contributed by atoms with Crippen LogP contribution in [-0.2, 0) is 19.1 Å². The summed E-state index contributed by atoms with van der Waals surface area (Å²) >= 11 is 0. The van der Waals surface area contributed by atoms with Crippen molar-refractivity contribution in [2.24, 2.45) is 5.73 Å². The lowest BCUT2D eigenvalue weighted by Gasteiger charge is -2.35. The molecule has 0 fully saturated rings. The molecule has 0 radical (unpaired) electrons. The summed E-state index contributed by atoms with van der Waals surface area (Å²) in [6, 6.07) is 14.4. The van der Waals surface area contributed by atoms with Crippen molar-refractivity contribution in [1.29, 1.82) is 5.26 Å². The van der Waals surface area contributed by atoms with E-state index in [2.05, 4.69) is 0 Å². The van der Waals surface area contributed by atoms with Gasteiger partial charge >= 0.3 is 17.6 Å². The van der Waals surface area contributed by atoms with Crippen molar-refractivity contribution in [2.75, 3.05) is 25.7 Å². The molecule has 0 aliphatic carbocycles. The number of nitrogens with two attached hydrogens (primary N) is 1. The van der Waals surface area contributed by atoms with Gasteiger partial charge in [0.15, 0.2) is 5.75 Å². The topological polar surface area (TPSA) is 158 Å². The molecular formula is C24H22N4O7. The minimum absolute atomic E-state index is 0.000248. The van der Waals surface area contributed by atoms with E-state index in [4.69, 9.17) is 19.9 Å². The SMILES string of the molecule is CCOc1ccc(N2C(N)=C(C#N)C(c3ccccc3)C(C(=O)OC)=C2C(=O)OC)cc1[N+](=O)[O-]. The fourth-order valence-electron chi connectivity index (χ4n) is 3.85. The average Bonchev–Trinajstić information content (AvgIpc) is 2.87. The van der Waals surface area contributed by atoms with Crippen LogP contribution in [0.3, 0.4) is 0 Å². The maximum absolute atomic E-state index is 13.0. The van der Waals surface area contributed by atoms with Crippen molar-refractivity contribution >= 4 is 23.3 Å². The normalized spacial score (nSPS) is 15.4. The predicted octanol–water partition coefficient (Wildman–Crippen LogP) is 2.89. The average molecular weight is 478 g/mol. The van der Waals surface area contributed by atoms with E-state index in [9.17, 15) is 25.0 Å². The third-order valence-corrected chi connectivity index (χ3v) is 5.31. The first-order chi connectivity index (χ1) is 16.8. The number of methoxy groups -OCH3 is 2. The summed E-state index contributed by atoms with van der Waals surface area (Å²) in [5, 5.41) is 21.7. The van der Waals surface area contributed by atoms with Gasteiger partial charge in [0.1, 0.15) is 11.5 Å². The van der Waals surface area contributed by atoms with Crippen LogP contribution < -0.4 is 15.4 Å². The molecule has 35 heavy (non-hydrogen) atoms. The van der Waals surface area contributed by atoms with Crippen molar-refractivity contribution in [3.8, 4) is 11.8 Å². The van der Waals surface area contributed by atoms with Crippen molar-refractivity contribution in [2.45, 2.75) is 12.8 Å². The first kappa shape index (κ1) is 24.8. The summed E-state index contributed by atoms with van der Waals surface area (Å²) in [5.74, 6) is -3.10. The minimum atomic E-state index is -1.04. The van der Waals surface area contributed by atoms with E-state index >= 15 is 0 Å². The Morgan fingerprint density at radius 3 is 2.34 bits per heavy atom. The molecule has 11 heteroatoms. The van der Waals surface area contributed by atoms with Gasteiger partial charge in [0, 0.05) is 6.07 Å². The monoisotopic (exact) mass is 478 g/mol. The van der Waals surface area contributed by atoms with Crippen LogP contribution in [0.2, 0.25) is 0 Å². The first-order valence-corrected chi connectivity index (χ1v) is 10.4. The summed E-state index contributed by atoms with van der Waals surface area (Å²) in [7, 11) is 2.24. The number of nitrogens with zero attached hydrogens (tertiary/aromatic N) is 3. The molecule has 2 aromatic rings. The summed E-state index contributed by atoms with van der Waals surface area (Å²) in [6.07, 6.45) is 0. The number of carbonyl (C=O) groups is 2. The summed E-state index contributed by atoms with van der Waals surface area (Å²) in [4.78, 5) is 38.2. The minimum Gasteiger partial charge on any atom is -0.487 e. The number of benzene rings is 2. The van der Waals surface area contributed by atoms with Crippen LogP contribution >= 0.6 is 0 Å². The second-order valence-corrected chi connectivity index (χ2v) is 7.18. The Morgan fingerprint density at radius 1 is 1.14 bits per heavy atom. The number of hydrogen-bond donors (Lipinski definition) is 1. The third-order valence-electron chi connectivity index (χ3n) is 5.31. The highest BCUT2D eigenvalue weighted by molar-refractivity contribution is 6.06. The quantitative estimate of drug-likeness (QED) is 0.356. The van der Waals surface area contributed by atoms with Gasteiger partial charge in [-0.3, -0.25) is 15.0 Å². The second-order valence-electron chi connectivity index (χ2n) is 7.18. The number of esters is 2.